The summed E-state index contributed by atoms with van der Waals surface area (Å²) in [5, 5.41) is 7.64. The number of fused-ring (bicyclic) bond motifs is 1. The monoisotopic (exact) mass is 269 g/mol. The summed E-state index contributed by atoms with van der Waals surface area (Å²) in [6, 6.07) is 11.2. The molecule has 20 heavy (non-hydrogen) atoms. The Morgan fingerprint density at radius 3 is 2.85 bits per heavy atom. The minimum Gasteiger partial charge on any atom is -0.309 e. The van der Waals surface area contributed by atoms with Gasteiger partial charge in [-0.25, -0.2) is 8.91 Å². The smallest absolute Gasteiger partial charge is 0.126 e. The number of rotatable bonds is 3. The highest BCUT2D eigenvalue weighted by atomic mass is 19.1. The van der Waals surface area contributed by atoms with E-state index in [0.29, 0.717) is 5.56 Å². The van der Waals surface area contributed by atoms with E-state index in [2.05, 4.69) is 10.4 Å². The minimum atomic E-state index is -0.177. The molecule has 0 aliphatic heterocycles. The molecule has 1 aromatic carbocycles. The van der Waals surface area contributed by atoms with Crippen molar-refractivity contribution in [2.24, 2.45) is 0 Å². The minimum absolute atomic E-state index is 0.00537. The first-order valence-electron chi connectivity index (χ1n) is 6.56. The van der Waals surface area contributed by atoms with Gasteiger partial charge in [0.15, 0.2) is 0 Å². The van der Waals surface area contributed by atoms with Crippen molar-refractivity contribution < 1.29 is 4.39 Å². The Labute approximate surface area is 117 Å². The molecule has 3 aromatic rings. The van der Waals surface area contributed by atoms with Crippen LogP contribution in [0.2, 0.25) is 0 Å². The fourth-order valence-electron chi connectivity index (χ4n) is 2.53. The molecule has 0 radical (unpaired) electrons. The molecule has 0 fully saturated rings. The summed E-state index contributed by atoms with van der Waals surface area (Å²) in [5.74, 6) is -0.177. The Kier molecular flexibility index (Phi) is 3.24. The summed E-state index contributed by atoms with van der Waals surface area (Å²) in [5.41, 5.74) is 3.82. The van der Waals surface area contributed by atoms with Gasteiger partial charge < -0.3 is 5.32 Å². The Morgan fingerprint density at radius 2 is 2.10 bits per heavy atom. The topological polar surface area (TPSA) is 29.3 Å². The summed E-state index contributed by atoms with van der Waals surface area (Å²) >= 11 is 0. The highest BCUT2D eigenvalue weighted by Crippen LogP contribution is 2.26. The molecule has 2 heterocycles. The standard InChI is InChI=1S/C16H16FN3/c1-11-9-12(6-7-14(11)17)16(18-2)13-10-19-20-8-4-3-5-15(13)20/h3-10,16,18H,1-2H3. The van der Waals surface area contributed by atoms with Gasteiger partial charge in [-0.2, -0.15) is 5.10 Å². The van der Waals surface area contributed by atoms with E-state index in [1.165, 1.54) is 6.07 Å². The molecule has 1 atom stereocenters. The third-order valence-corrected chi connectivity index (χ3v) is 3.57. The van der Waals surface area contributed by atoms with Crippen LogP contribution in [0.4, 0.5) is 4.39 Å². The molecule has 0 bridgehead atoms. The Balaban J connectivity index is 2.11. The summed E-state index contributed by atoms with van der Waals surface area (Å²) in [7, 11) is 1.90. The summed E-state index contributed by atoms with van der Waals surface area (Å²) in [4.78, 5) is 0. The second-order valence-corrected chi connectivity index (χ2v) is 4.86. The lowest BCUT2D eigenvalue weighted by molar-refractivity contribution is 0.614. The quantitative estimate of drug-likeness (QED) is 0.791. The molecule has 0 saturated heterocycles. The molecule has 0 spiro atoms. The average molecular weight is 269 g/mol. The first-order chi connectivity index (χ1) is 9.70. The maximum absolute atomic E-state index is 13.4. The molecule has 2 aromatic heterocycles. The van der Waals surface area contributed by atoms with Crippen LogP contribution >= 0.6 is 0 Å². The van der Waals surface area contributed by atoms with Gasteiger partial charge in [-0.1, -0.05) is 18.2 Å². The molecule has 1 N–H and O–H groups in total. The van der Waals surface area contributed by atoms with Crippen molar-refractivity contribution >= 4 is 5.52 Å². The summed E-state index contributed by atoms with van der Waals surface area (Å²) < 4.78 is 15.3. The maximum Gasteiger partial charge on any atom is 0.126 e. The highest BCUT2D eigenvalue weighted by molar-refractivity contribution is 5.57. The van der Waals surface area contributed by atoms with Crippen LogP contribution in [0.1, 0.15) is 22.7 Å². The molecule has 0 saturated carbocycles. The second kappa shape index (κ2) is 5.06. The number of hydrogen-bond acceptors (Lipinski definition) is 2. The lowest BCUT2D eigenvalue weighted by Crippen LogP contribution is -2.17. The average Bonchev–Trinajstić information content (AvgIpc) is 2.88. The largest absolute Gasteiger partial charge is 0.309 e. The van der Waals surface area contributed by atoms with E-state index in [-0.39, 0.29) is 11.9 Å². The third kappa shape index (κ3) is 2.08. The Bertz CT molecular complexity index is 748. The molecule has 1 unspecified atom stereocenters. The van der Waals surface area contributed by atoms with Crippen LogP contribution in [0.3, 0.4) is 0 Å². The number of nitrogens with one attached hydrogen (secondary N) is 1. The van der Waals surface area contributed by atoms with Crippen LogP contribution in [0.15, 0.2) is 48.8 Å². The van der Waals surface area contributed by atoms with E-state index in [0.717, 1.165) is 16.6 Å². The molecular formula is C16H16FN3. The normalized spacial score (nSPS) is 12.8. The van der Waals surface area contributed by atoms with Crippen molar-refractivity contribution in [3.8, 4) is 0 Å². The van der Waals surface area contributed by atoms with Gasteiger partial charge in [-0.05, 0) is 43.3 Å². The summed E-state index contributed by atoms with van der Waals surface area (Å²) in [6.45, 7) is 1.78. The molecule has 0 aliphatic carbocycles. The molecule has 102 valence electrons. The van der Waals surface area contributed by atoms with E-state index in [9.17, 15) is 4.39 Å². The lowest BCUT2D eigenvalue weighted by atomic mass is 9.98. The molecule has 0 aliphatic rings. The van der Waals surface area contributed by atoms with Gasteiger partial charge >= 0.3 is 0 Å². The van der Waals surface area contributed by atoms with Crippen molar-refractivity contribution in [2.75, 3.05) is 7.05 Å². The van der Waals surface area contributed by atoms with Gasteiger partial charge in [0, 0.05) is 11.8 Å². The fraction of sp³-hybridized carbons (Fsp3) is 0.188. The molecule has 3 rings (SSSR count). The SMILES string of the molecule is CNC(c1ccc(F)c(C)c1)c1cnn2ccccc12. The van der Waals surface area contributed by atoms with Gasteiger partial charge in [-0.15, -0.1) is 0 Å². The number of pyridine rings is 1. The Hall–Kier alpha value is -2.20. The van der Waals surface area contributed by atoms with Crippen molar-refractivity contribution in [3.63, 3.8) is 0 Å². The van der Waals surface area contributed by atoms with Crippen molar-refractivity contribution in [1.29, 1.82) is 0 Å². The van der Waals surface area contributed by atoms with Crippen LogP contribution < -0.4 is 5.32 Å². The molecule has 4 heteroatoms. The first kappa shape index (κ1) is 12.8. The van der Waals surface area contributed by atoms with E-state index in [1.54, 1.807) is 6.92 Å². The summed E-state index contributed by atoms with van der Waals surface area (Å²) in [6.07, 6.45) is 3.77. The van der Waals surface area contributed by atoms with Crippen LogP contribution in [0.5, 0.6) is 0 Å². The fourth-order valence-corrected chi connectivity index (χ4v) is 2.53. The van der Waals surface area contributed by atoms with Crippen molar-refractivity contribution in [2.45, 2.75) is 13.0 Å². The van der Waals surface area contributed by atoms with E-state index >= 15 is 0 Å². The molecule has 0 amide bonds. The van der Waals surface area contributed by atoms with Gasteiger partial charge in [0.1, 0.15) is 5.82 Å². The number of benzene rings is 1. The number of halogens is 1. The van der Waals surface area contributed by atoms with Crippen molar-refractivity contribution in [1.82, 2.24) is 14.9 Å². The van der Waals surface area contributed by atoms with E-state index in [1.807, 2.05) is 54.3 Å². The third-order valence-electron chi connectivity index (χ3n) is 3.57. The number of hydrogen-bond donors (Lipinski definition) is 1. The number of aryl methyl sites for hydroxylation is 1. The zero-order valence-electron chi connectivity index (χ0n) is 11.5. The van der Waals surface area contributed by atoms with Crippen molar-refractivity contribution in [3.05, 3.63) is 71.3 Å². The van der Waals surface area contributed by atoms with E-state index in [4.69, 9.17) is 0 Å². The van der Waals surface area contributed by atoms with Crippen LogP contribution in [-0.2, 0) is 0 Å². The van der Waals surface area contributed by atoms with Crippen LogP contribution in [0, 0.1) is 12.7 Å². The number of nitrogens with zero attached hydrogens (tertiary/aromatic N) is 2. The maximum atomic E-state index is 13.4. The predicted molar refractivity (Wildman–Crippen MR) is 77.2 cm³/mol. The van der Waals surface area contributed by atoms with Crippen LogP contribution in [0.25, 0.3) is 5.52 Å². The highest BCUT2D eigenvalue weighted by Gasteiger charge is 2.17. The van der Waals surface area contributed by atoms with Gasteiger partial charge in [0.25, 0.3) is 0 Å². The lowest BCUT2D eigenvalue weighted by Gasteiger charge is -2.16. The van der Waals surface area contributed by atoms with Crippen LogP contribution in [-0.4, -0.2) is 16.7 Å². The second-order valence-electron chi connectivity index (χ2n) is 4.86. The first-order valence-corrected chi connectivity index (χ1v) is 6.56. The zero-order valence-corrected chi connectivity index (χ0v) is 11.5. The van der Waals surface area contributed by atoms with Gasteiger partial charge in [0.2, 0.25) is 0 Å². The van der Waals surface area contributed by atoms with Gasteiger partial charge in [-0.3, -0.25) is 0 Å². The van der Waals surface area contributed by atoms with Gasteiger partial charge in [0.05, 0.1) is 17.8 Å². The number of aromatic nitrogens is 2. The molecular weight excluding hydrogens is 253 g/mol. The Morgan fingerprint density at radius 1 is 1.25 bits per heavy atom. The van der Waals surface area contributed by atoms with E-state index < -0.39 is 0 Å². The predicted octanol–water partition coefficient (Wildman–Crippen LogP) is 3.09. The molecule has 3 nitrogen and oxygen atoms in total. The zero-order chi connectivity index (χ0) is 14.1.